The number of hydrogen-bond donors (Lipinski definition) is 1. The summed E-state index contributed by atoms with van der Waals surface area (Å²) in [4.78, 5) is 25.1. The Bertz CT molecular complexity index is 1660. The molecule has 0 radical (unpaired) electrons. The van der Waals surface area contributed by atoms with Crippen LogP contribution in [-0.4, -0.2) is 35.9 Å². The van der Waals surface area contributed by atoms with Crippen LogP contribution in [0, 0.1) is 0 Å². The van der Waals surface area contributed by atoms with Crippen LogP contribution in [0.3, 0.4) is 0 Å². The van der Waals surface area contributed by atoms with Gasteiger partial charge in [-0.25, -0.2) is 9.59 Å². The highest BCUT2D eigenvalue weighted by molar-refractivity contribution is 6.09. The van der Waals surface area contributed by atoms with E-state index in [1.165, 1.54) is 63.1 Å². The highest BCUT2D eigenvalue weighted by atomic mass is 19.4. The first-order chi connectivity index (χ1) is 24.1. The van der Waals surface area contributed by atoms with Gasteiger partial charge in [-0.05, 0) is 77.1 Å². The maximum absolute atomic E-state index is 13.6. The molecule has 0 amide bonds. The molecule has 8 heteroatoms. The molecule has 0 aliphatic rings. The number of carbonyl (C=O) groups excluding carboxylic acids is 1. The minimum absolute atomic E-state index is 0.0325. The molecule has 0 fully saturated rings. The molecule has 268 valence electrons. The van der Waals surface area contributed by atoms with E-state index in [1.54, 1.807) is 12.1 Å². The Morgan fingerprint density at radius 2 is 1.24 bits per heavy atom. The van der Waals surface area contributed by atoms with E-state index in [-0.39, 0.29) is 17.5 Å². The summed E-state index contributed by atoms with van der Waals surface area (Å²) >= 11 is 0. The number of carboxylic acid groups (broad SMARTS) is 1. The summed E-state index contributed by atoms with van der Waals surface area (Å²) in [5, 5.41) is 11.1. The first kappa shape index (κ1) is 38.5. The average Bonchev–Trinajstić information content (AvgIpc) is 3.11. The van der Waals surface area contributed by atoms with E-state index < -0.39 is 24.2 Å². The van der Waals surface area contributed by atoms with Gasteiger partial charge in [-0.2, -0.15) is 13.2 Å². The Balaban J connectivity index is 1.45. The van der Waals surface area contributed by atoms with Gasteiger partial charge in [0.05, 0.1) is 17.7 Å². The van der Waals surface area contributed by atoms with Crippen molar-refractivity contribution in [2.45, 2.75) is 110 Å². The molecule has 0 aliphatic heterocycles. The molecule has 0 saturated heterocycles. The summed E-state index contributed by atoms with van der Waals surface area (Å²) in [5.41, 5.74) is 3.08. The van der Waals surface area contributed by atoms with E-state index in [4.69, 9.17) is 9.47 Å². The topological polar surface area (TPSA) is 72.8 Å². The average molecular weight is 691 g/mol. The zero-order chi connectivity index (χ0) is 35.9. The van der Waals surface area contributed by atoms with Crippen molar-refractivity contribution >= 4 is 22.7 Å². The van der Waals surface area contributed by atoms with Crippen LogP contribution in [0.15, 0.2) is 78.9 Å². The first-order valence-corrected chi connectivity index (χ1v) is 18.0. The zero-order valence-electron chi connectivity index (χ0n) is 29.2. The second-order valence-electron chi connectivity index (χ2n) is 12.9. The molecule has 1 unspecified atom stereocenters. The van der Waals surface area contributed by atoms with Crippen molar-refractivity contribution in [3.63, 3.8) is 0 Å². The fourth-order valence-corrected chi connectivity index (χ4v) is 6.19. The Kier molecular flexibility index (Phi) is 14.7. The number of rotatable bonds is 20. The smallest absolute Gasteiger partial charge is 0.425 e. The van der Waals surface area contributed by atoms with Crippen molar-refractivity contribution in [2.75, 3.05) is 6.61 Å². The maximum Gasteiger partial charge on any atom is 0.425 e. The highest BCUT2D eigenvalue weighted by Gasteiger charge is 2.42. The van der Waals surface area contributed by atoms with Crippen LogP contribution in [-0.2, 0) is 4.74 Å². The van der Waals surface area contributed by atoms with Gasteiger partial charge in [0.25, 0.3) is 0 Å². The number of unbranched alkanes of at least 4 members (excludes halogenated alkanes) is 10. The van der Waals surface area contributed by atoms with Gasteiger partial charge in [-0.3, -0.25) is 0 Å². The Labute approximate surface area is 293 Å². The third kappa shape index (κ3) is 11.1. The molecule has 0 aromatic heterocycles. The van der Waals surface area contributed by atoms with Gasteiger partial charge in [0.1, 0.15) is 5.75 Å². The van der Waals surface area contributed by atoms with E-state index >= 15 is 0 Å². The van der Waals surface area contributed by atoms with Crippen LogP contribution in [0.4, 0.5) is 13.2 Å². The SMILES string of the molecule is CCCCCCCCCCOc1ccc(-c2ccc(-c3c(C(=O)O)ccc4cc(C(=O)OC(CCCCCC)C(F)(F)F)ccc34)cc2)cc1. The quantitative estimate of drug-likeness (QED) is 0.0738. The summed E-state index contributed by atoms with van der Waals surface area (Å²) in [5.74, 6) is -1.37. The molecule has 0 heterocycles. The maximum atomic E-state index is 13.6. The predicted octanol–water partition coefficient (Wildman–Crippen LogP) is 12.4. The zero-order valence-corrected chi connectivity index (χ0v) is 29.2. The molecule has 0 aliphatic carbocycles. The fraction of sp³-hybridized carbons (Fsp3) is 0.429. The summed E-state index contributed by atoms with van der Waals surface area (Å²) in [6, 6.07) is 22.8. The number of carbonyl (C=O) groups is 2. The fourth-order valence-electron chi connectivity index (χ4n) is 6.19. The van der Waals surface area contributed by atoms with Crippen LogP contribution < -0.4 is 4.74 Å². The number of aromatic carboxylic acids is 1. The lowest BCUT2D eigenvalue weighted by molar-refractivity contribution is -0.206. The molecule has 0 saturated carbocycles. The number of hydrogen-bond acceptors (Lipinski definition) is 4. The highest BCUT2D eigenvalue weighted by Crippen LogP contribution is 2.35. The van der Waals surface area contributed by atoms with Crippen molar-refractivity contribution in [2.24, 2.45) is 0 Å². The van der Waals surface area contributed by atoms with E-state index in [0.29, 0.717) is 41.3 Å². The molecule has 4 aromatic carbocycles. The molecular weight excluding hydrogens is 641 g/mol. The molecule has 0 spiro atoms. The van der Waals surface area contributed by atoms with Gasteiger partial charge in [-0.1, -0.05) is 127 Å². The van der Waals surface area contributed by atoms with Gasteiger partial charge in [-0.15, -0.1) is 0 Å². The molecule has 1 atom stereocenters. The number of ether oxygens (including phenoxy) is 2. The van der Waals surface area contributed by atoms with Crippen molar-refractivity contribution < 1.29 is 37.3 Å². The second-order valence-corrected chi connectivity index (χ2v) is 12.9. The van der Waals surface area contributed by atoms with Gasteiger partial charge in [0.15, 0.2) is 6.10 Å². The monoisotopic (exact) mass is 690 g/mol. The van der Waals surface area contributed by atoms with Crippen molar-refractivity contribution in [3.05, 3.63) is 90.0 Å². The molecule has 50 heavy (non-hydrogen) atoms. The standard InChI is InChI=1S/C42H49F3O5/c1-3-5-7-9-10-11-12-14-28-49-35-24-20-31(21-25-35)30-16-18-32(19-17-30)39-36-26-23-34(29-33(36)22-27-37(39)40(46)47)41(48)50-38(42(43,44)45)15-13-8-6-4-2/h16-27,29,38H,3-15,28H2,1-2H3,(H,46,47). The van der Waals surface area contributed by atoms with Crippen LogP contribution >= 0.6 is 0 Å². The van der Waals surface area contributed by atoms with Crippen LogP contribution in [0.1, 0.15) is 118 Å². The van der Waals surface area contributed by atoms with Crippen molar-refractivity contribution in [1.82, 2.24) is 0 Å². The summed E-state index contributed by atoms with van der Waals surface area (Å²) in [6.45, 7) is 4.89. The van der Waals surface area contributed by atoms with E-state index in [2.05, 4.69) is 6.92 Å². The molecule has 1 N–H and O–H groups in total. The predicted molar refractivity (Wildman–Crippen MR) is 194 cm³/mol. The van der Waals surface area contributed by atoms with Gasteiger partial charge >= 0.3 is 18.1 Å². The van der Waals surface area contributed by atoms with Crippen LogP contribution in [0.25, 0.3) is 33.0 Å². The van der Waals surface area contributed by atoms with E-state index in [1.807, 2.05) is 55.5 Å². The summed E-state index contributed by atoms with van der Waals surface area (Å²) in [7, 11) is 0. The Morgan fingerprint density at radius 1 is 0.680 bits per heavy atom. The molecular formula is C42H49F3O5. The summed E-state index contributed by atoms with van der Waals surface area (Å²) in [6.07, 6.45) is 5.46. The van der Waals surface area contributed by atoms with Crippen molar-refractivity contribution in [3.8, 4) is 28.0 Å². The van der Waals surface area contributed by atoms with Crippen LogP contribution in [0.5, 0.6) is 5.75 Å². The van der Waals surface area contributed by atoms with Gasteiger partial charge < -0.3 is 14.6 Å². The minimum atomic E-state index is -4.67. The lowest BCUT2D eigenvalue weighted by Crippen LogP contribution is -2.33. The van der Waals surface area contributed by atoms with Gasteiger partial charge in [0, 0.05) is 5.56 Å². The lowest BCUT2D eigenvalue weighted by Gasteiger charge is -2.21. The number of benzene rings is 4. The third-order valence-electron chi connectivity index (χ3n) is 9.05. The third-order valence-corrected chi connectivity index (χ3v) is 9.05. The Morgan fingerprint density at radius 3 is 1.84 bits per heavy atom. The number of esters is 1. The molecule has 4 aromatic rings. The second kappa shape index (κ2) is 19.2. The normalized spacial score (nSPS) is 12.2. The number of halogens is 3. The number of carboxylic acids is 1. The lowest BCUT2D eigenvalue weighted by atomic mass is 9.91. The minimum Gasteiger partial charge on any atom is -0.494 e. The van der Waals surface area contributed by atoms with E-state index in [9.17, 15) is 27.9 Å². The largest absolute Gasteiger partial charge is 0.494 e. The number of alkyl halides is 3. The van der Waals surface area contributed by atoms with Crippen LogP contribution in [0.2, 0.25) is 0 Å². The van der Waals surface area contributed by atoms with E-state index in [0.717, 1.165) is 36.1 Å². The van der Waals surface area contributed by atoms with Crippen molar-refractivity contribution in [1.29, 1.82) is 0 Å². The van der Waals surface area contributed by atoms with Gasteiger partial charge in [0.2, 0.25) is 0 Å². The molecule has 4 rings (SSSR count). The molecule has 5 nitrogen and oxygen atoms in total. The molecule has 0 bridgehead atoms. The first-order valence-electron chi connectivity index (χ1n) is 18.0. The Hall–Kier alpha value is -4.33. The summed E-state index contributed by atoms with van der Waals surface area (Å²) < 4.78 is 51.8. The number of fused-ring (bicyclic) bond motifs is 1.